The molecule has 0 aromatic heterocycles. The molecule has 0 aliphatic heterocycles. The molecular formula is C8H17ClO2S. The lowest BCUT2D eigenvalue weighted by Crippen LogP contribution is -2.02. The third-order valence-corrected chi connectivity index (χ3v) is 2.59. The minimum Gasteiger partial charge on any atom is -0.385 e. The summed E-state index contributed by atoms with van der Waals surface area (Å²) in [5.74, 6) is 2.79. The Hall–Kier alpha value is 0.560. The first-order valence-corrected chi connectivity index (χ1v) is 5.81. The number of rotatable bonds is 9. The highest BCUT2D eigenvalue weighted by molar-refractivity contribution is 7.99. The second-order valence-corrected chi connectivity index (χ2v) is 3.86. The summed E-state index contributed by atoms with van der Waals surface area (Å²) in [6.45, 7) is 2.41. The molecule has 0 aromatic carbocycles. The molecular weight excluding hydrogens is 196 g/mol. The topological polar surface area (TPSA) is 18.5 Å². The van der Waals surface area contributed by atoms with E-state index in [9.17, 15) is 0 Å². The fourth-order valence-corrected chi connectivity index (χ4v) is 1.56. The van der Waals surface area contributed by atoms with Crippen molar-refractivity contribution in [3.05, 3.63) is 0 Å². The van der Waals surface area contributed by atoms with Crippen molar-refractivity contribution in [1.82, 2.24) is 0 Å². The van der Waals surface area contributed by atoms with Crippen LogP contribution in [0.25, 0.3) is 0 Å². The fourth-order valence-electron chi connectivity index (χ4n) is 0.682. The molecule has 0 saturated carbocycles. The van der Waals surface area contributed by atoms with E-state index in [1.165, 1.54) is 0 Å². The Balaban J connectivity index is 2.73. The maximum absolute atomic E-state index is 5.50. The van der Waals surface area contributed by atoms with Gasteiger partial charge in [0.15, 0.2) is 0 Å². The first-order valence-electron chi connectivity index (χ1n) is 4.12. The Morgan fingerprint density at radius 1 is 1.17 bits per heavy atom. The average molecular weight is 213 g/mol. The van der Waals surface area contributed by atoms with Gasteiger partial charge in [-0.05, 0) is 6.42 Å². The van der Waals surface area contributed by atoms with E-state index in [2.05, 4.69) is 0 Å². The van der Waals surface area contributed by atoms with Gasteiger partial charge in [-0.25, -0.2) is 0 Å². The van der Waals surface area contributed by atoms with Gasteiger partial charge in [-0.1, -0.05) is 0 Å². The van der Waals surface area contributed by atoms with Gasteiger partial charge in [-0.2, -0.15) is 11.8 Å². The van der Waals surface area contributed by atoms with E-state index >= 15 is 0 Å². The van der Waals surface area contributed by atoms with Gasteiger partial charge in [-0.15, -0.1) is 11.6 Å². The van der Waals surface area contributed by atoms with Crippen LogP contribution in [-0.4, -0.2) is 44.3 Å². The quantitative estimate of drug-likeness (QED) is 0.431. The van der Waals surface area contributed by atoms with Crippen LogP contribution >= 0.6 is 23.4 Å². The summed E-state index contributed by atoms with van der Waals surface area (Å²) in [7, 11) is 1.70. The van der Waals surface area contributed by atoms with Crippen LogP contribution < -0.4 is 0 Å². The molecule has 12 heavy (non-hydrogen) atoms. The van der Waals surface area contributed by atoms with Crippen molar-refractivity contribution in [3.63, 3.8) is 0 Å². The van der Waals surface area contributed by atoms with E-state index in [-0.39, 0.29) is 0 Å². The van der Waals surface area contributed by atoms with Crippen LogP contribution in [0.2, 0.25) is 0 Å². The van der Waals surface area contributed by atoms with Crippen molar-refractivity contribution in [2.75, 3.05) is 44.3 Å². The predicted octanol–water partition coefficient (Wildman–Crippen LogP) is 2.01. The third-order valence-electron chi connectivity index (χ3n) is 1.23. The second kappa shape index (κ2) is 11.6. The fraction of sp³-hybridized carbons (Fsp3) is 1.00. The molecule has 0 heterocycles. The summed E-state index contributed by atoms with van der Waals surface area (Å²) in [6.07, 6.45) is 0.983. The highest BCUT2D eigenvalue weighted by Crippen LogP contribution is 1.99. The molecule has 0 rings (SSSR count). The molecule has 0 aromatic rings. The van der Waals surface area contributed by atoms with Gasteiger partial charge in [0, 0.05) is 37.7 Å². The Bertz CT molecular complexity index is 73.5. The molecule has 0 bridgehead atoms. The molecule has 0 atom stereocenters. The van der Waals surface area contributed by atoms with Gasteiger partial charge in [0.25, 0.3) is 0 Å². The highest BCUT2D eigenvalue weighted by Gasteiger charge is 1.89. The number of thioether (sulfide) groups is 1. The van der Waals surface area contributed by atoms with Crippen LogP contribution in [0.15, 0.2) is 0 Å². The highest BCUT2D eigenvalue weighted by atomic mass is 35.5. The average Bonchev–Trinajstić information content (AvgIpc) is 2.10. The molecule has 0 fully saturated rings. The van der Waals surface area contributed by atoms with E-state index in [1.54, 1.807) is 7.11 Å². The first-order chi connectivity index (χ1) is 5.91. The van der Waals surface area contributed by atoms with Crippen molar-refractivity contribution in [1.29, 1.82) is 0 Å². The molecule has 0 N–H and O–H groups in total. The van der Waals surface area contributed by atoms with Gasteiger partial charge >= 0.3 is 0 Å². The Morgan fingerprint density at radius 2 is 2.00 bits per heavy atom. The van der Waals surface area contributed by atoms with Crippen molar-refractivity contribution in [3.8, 4) is 0 Å². The van der Waals surface area contributed by atoms with E-state index in [1.807, 2.05) is 11.8 Å². The van der Waals surface area contributed by atoms with Crippen molar-refractivity contribution in [2.45, 2.75) is 6.42 Å². The minimum absolute atomic E-state index is 0.730. The summed E-state index contributed by atoms with van der Waals surface area (Å²) in [5.41, 5.74) is 0. The Labute approximate surface area is 83.9 Å². The summed E-state index contributed by atoms with van der Waals surface area (Å²) < 4.78 is 10.2. The third kappa shape index (κ3) is 10.6. The summed E-state index contributed by atoms with van der Waals surface area (Å²) >= 11 is 7.33. The monoisotopic (exact) mass is 212 g/mol. The Morgan fingerprint density at radius 3 is 2.67 bits per heavy atom. The maximum atomic E-state index is 5.50. The largest absolute Gasteiger partial charge is 0.385 e. The first kappa shape index (κ1) is 12.6. The van der Waals surface area contributed by atoms with Crippen molar-refractivity contribution in [2.24, 2.45) is 0 Å². The van der Waals surface area contributed by atoms with Crippen LogP contribution in [0.3, 0.4) is 0 Å². The minimum atomic E-state index is 0.730. The van der Waals surface area contributed by atoms with Gasteiger partial charge in [0.2, 0.25) is 0 Å². The zero-order valence-electron chi connectivity index (χ0n) is 7.55. The predicted molar refractivity (Wildman–Crippen MR) is 55.4 cm³/mol. The van der Waals surface area contributed by atoms with Crippen molar-refractivity contribution < 1.29 is 9.47 Å². The van der Waals surface area contributed by atoms with Crippen molar-refractivity contribution >= 4 is 23.4 Å². The molecule has 74 valence electrons. The molecule has 0 aliphatic carbocycles. The summed E-state index contributed by atoms with van der Waals surface area (Å²) in [6, 6.07) is 0. The standard InChI is InChI=1S/C8H17ClO2S/c1-10-4-2-5-11-6-8-12-7-3-9/h2-8H2,1H3. The molecule has 0 amide bonds. The zero-order chi connectivity index (χ0) is 9.07. The number of halogens is 1. The lowest BCUT2D eigenvalue weighted by atomic mass is 10.5. The molecule has 0 spiro atoms. The second-order valence-electron chi connectivity index (χ2n) is 2.26. The van der Waals surface area contributed by atoms with Gasteiger partial charge in [-0.3, -0.25) is 0 Å². The van der Waals surface area contributed by atoms with Gasteiger partial charge in [0.1, 0.15) is 0 Å². The SMILES string of the molecule is COCCCOCCSCCCl. The number of hydrogen-bond acceptors (Lipinski definition) is 3. The van der Waals surface area contributed by atoms with Gasteiger partial charge < -0.3 is 9.47 Å². The Kier molecular flexibility index (Phi) is 12.1. The molecule has 0 unspecified atom stereocenters. The number of alkyl halides is 1. The smallest absolute Gasteiger partial charge is 0.0556 e. The van der Waals surface area contributed by atoms with Crippen LogP contribution in [-0.2, 0) is 9.47 Å². The summed E-state index contributed by atoms with van der Waals surface area (Å²) in [4.78, 5) is 0. The van der Waals surface area contributed by atoms with Crippen LogP contribution in [0.1, 0.15) is 6.42 Å². The van der Waals surface area contributed by atoms with Crippen LogP contribution in [0.4, 0.5) is 0 Å². The maximum Gasteiger partial charge on any atom is 0.0556 e. The number of methoxy groups -OCH3 is 1. The molecule has 4 heteroatoms. The molecule has 0 saturated heterocycles. The van der Waals surface area contributed by atoms with Crippen LogP contribution in [0.5, 0.6) is 0 Å². The van der Waals surface area contributed by atoms with E-state index < -0.39 is 0 Å². The van der Waals surface area contributed by atoms with Crippen LogP contribution in [0, 0.1) is 0 Å². The molecule has 0 radical (unpaired) electrons. The lowest BCUT2D eigenvalue weighted by molar-refractivity contribution is 0.113. The van der Waals surface area contributed by atoms with E-state index in [4.69, 9.17) is 21.1 Å². The van der Waals surface area contributed by atoms with E-state index in [0.717, 1.165) is 43.6 Å². The zero-order valence-corrected chi connectivity index (χ0v) is 9.12. The number of hydrogen-bond donors (Lipinski definition) is 0. The summed E-state index contributed by atoms with van der Waals surface area (Å²) in [5, 5.41) is 0. The van der Waals surface area contributed by atoms with E-state index in [0.29, 0.717) is 0 Å². The normalized spacial score (nSPS) is 10.5. The number of ether oxygens (including phenoxy) is 2. The van der Waals surface area contributed by atoms with Gasteiger partial charge in [0.05, 0.1) is 6.61 Å². The molecule has 2 nitrogen and oxygen atoms in total. The lowest BCUT2D eigenvalue weighted by Gasteiger charge is -2.02. The molecule has 0 aliphatic rings.